The van der Waals surface area contributed by atoms with E-state index in [0.29, 0.717) is 17.8 Å². The SMILES string of the molecule is N#Cc1c(F)cccc1N1CCN(S(=O)(=O)c2ccc(F)c(F)c2F)CC1. The Labute approximate surface area is 153 Å². The minimum atomic E-state index is -4.38. The Morgan fingerprint density at radius 1 is 0.889 bits per heavy atom. The fourth-order valence-electron chi connectivity index (χ4n) is 2.90. The van der Waals surface area contributed by atoms with Crippen LogP contribution in [0.3, 0.4) is 0 Å². The van der Waals surface area contributed by atoms with Gasteiger partial charge in [0.2, 0.25) is 10.0 Å². The zero-order valence-electron chi connectivity index (χ0n) is 13.8. The van der Waals surface area contributed by atoms with Gasteiger partial charge in [0, 0.05) is 26.2 Å². The van der Waals surface area contributed by atoms with Gasteiger partial charge in [-0.25, -0.2) is 26.0 Å². The van der Waals surface area contributed by atoms with Gasteiger partial charge in [-0.1, -0.05) is 6.07 Å². The quantitative estimate of drug-likeness (QED) is 0.588. The highest BCUT2D eigenvalue weighted by molar-refractivity contribution is 7.89. The molecule has 0 atom stereocenters. The number of benzene rings is 2. The minimum absolute atomic E-state index is 0.0951. The molecule has 0 spiro atoms. The molecule has 0 amide bonds. The smallest absolute Gasteiger partial charge is 0.246 e. The molecular formula is C17H13F4N3O2S. The van der Waals surface area contributed by atoms with Crippen molar-refractivity contribution >= 4 is 15.7 Å². The van der Waals surface area contributed by atoms with Crippen LogP contribution in [0.4, 0.5) is 23.2 Å². The summed E-state index contributed by atoms with van der Waals surface area (Å²) in [6.07, 6.45) is 0. The average molecular weight is 399 g/mol. The van der Waals surface area contributed by atoms with Gasteiger partial charge in [-0.05, 0) is 24.3 Å². The lowest BCUT2D eigenvalue weighted by Gasteiger charge is -2.35. The van der Waals surface area contributed by atoms with Crippen molar-refractivity contribution in [1.29, 1.82) is 5.26 Å². The Kier molecular flexibility index (Phi) is 5.08. The maximum Gasteiger partial charge on any atom is 0.246 e. The highest BCUT2D eigenvalue weighted by Crippen LogP contribution is 2.27. The number of hydrogen-bond acceptors (Lipinski definition) is 4. The molecule has 27 heavy (non-hydrogen) atoms. The average Bonchev–Trinajstić information content (AvgIpc) is 2.66. The molecule has 5 nitrogen and oxygen atoms in total. The molecule has 2 aromatic carbocycles. The summed E-state index contributed by atoms with van der Waals surface area (Å²) in [4.78, 5) is 0.688. The van der Waals surface area contributed by atoms with Crippen molar-refractivity contribution < 1.29 is 26.0 Å². The van der Waals surface area contributed by atoms with Gasteiger partial charge < -0.3 is 4.90 Å². The summed E-state index contributed by atoms with van der Waals surface area (Å²) in [6.45, 7) is 0.0373. The van der Waals surface area contributed by atoms with Crippen molar-refractivity contribution in [2.75, 3.05) is 31.1 Å². The van der Waals surface area contributed by atoms with Gasteiger partial charge in [-0.3, -0.25) is 0 Å². The second kappa shape index (κ2) is 7.17. The van der Waals surface area contributed by atoms with E-state index in [9.17, 15) is 26.0 Å². The predicted molar refractivity (Wildman–Crippen MR) is 88.4 cm³/mol. The molecule has 1 aliphatic rings. The van der Waals surface area contributed by atoms with Crippen LogP contribution in [0.2, 0.25) is 0 Å². The fraction of sp³-hybridized carbons (Fsp3) is 0.235. The molecule has 3 rings (SSSR count). The number of nitrogens with zero attached hydrogens (tertiary/aromatic N) is 3. The van der Waals surface area contributed by atoms with Crippen LogP contribution in [0.15, 0.2) is 35.2 Å². The first-order chi connectivity index (χ1) is 12.8. The lowest BCUT2D eigenvalue weighted by atomic mass is 10.1. The van der Waals surface area contributed by atoms with Gasteiger partial charge >= 0.3 is 0 Å². The highest BCUT2D eigenvalue weighted by atomic mass is 32.2. The monoisotopic (exact) mass is 399 g/mol. The summed E-state index contributed by atoms with van der Waals surface area (Å²) in [6, 6.07) is 7.12. The van der Waals surface area contributed by atoms with Crippen LogP contribution in [-0.2, 0) is 10.0 Å². The van der Waals surface area contributed by atoms with Crippen molar-refractivity contribution in [3.63, 3.8) is 0 Å². The molecule has 1 fully saturated rings. The van der Waals surface area contributed by atoms with Crippen LogP contribution in [-0.4, -0.2) is 38.9 Å². The molecule has 0 aliphatic carbocycles. The molecule has 0 N–H and O–H groups in total. The van der Waals surface area contributed by atoms with Crippen LogP contribution >= 0.6 is 0 Å². The predicted octanol–water partition coefficient (Wildman–Crippen LogP) is 2.63. The molecule has 0 radical (unpaired) electrons. The lowest BCUT2D eigenvalue weighted by molar-refractivity contribution is 0.377. The number of nitriles is 1. The van der Waals surface area contributed by atoms with E-state index in [-0.39, 0.29) is 31.7 Å². The number of anilines is 1. The van der Waals surface area contributed by atoms with Crippen molar-refractivity contribution in [1.82, 2.24) is 4.31 Å². The van der Waals surface area contributed by atoms with Crippen LogP contribution < -0.4 is 4.90 Å². The third kappa shape index (κ3) is 3.36. The Morgan fingerprint density at radius 3 is 2.19 bits per heavy atom. The Hall–Kier alpha value is -2.64. The summed E-state index contributed by atoms with van der Waals surface area (Å²) in [7, 11) is -4.38. The summed E-state index contributed by atoms with van der Waals surface area (Å²) < 4.78 is 80.1. The van der Waals surface area contributed by atoms with Gasteiger partial charge in [0.25, 0.3) is 0 Å². The summed E-state index contributed by atoms with van der Waals surface area (Å²) in [5.41, 5.74) is 0.175. The maximum atomic E-state index is 13.9. The largest absolute Gasteiger partial charge is 0.368 e. The molecule has 0 aromatic heterocycles. The first kappa shape index (κ1) is 19.1. The van der Waals surface area contributed by atoms with E-state index in [2.05, 4.69) is 0 Å². The third-order valence-corrected chi connectivity index (χ3v) is 6.22. The van der Waals surface area contributed by atoms with E-state index in [4.69, 9.17) is 5.26 Å². The Balaban J connectivity index is 1.83. The second-order valence-corrected chi connectivity index (χ2v) is 7.72. The van der Waals surface area contributed by atoms with Gasteiger partial charge in [0.05, 0.1) is 5.69 Å². The second-order valence-electron chi connectivity index (χ2n) is 5.81. The summed E-state index contributed by atoms with van der Waals surface area (Å²) in [5.74, 6) is -5.79. The van der Waals surface area contributed by atoms with Crippen LogP contribution in [0.1, 0.15) is 5.56 Å². The van der Waals surface area contributed by atoms with E-state index in [1.165, 1.54) is 6.07 Å². The normalized spacial score (nSPS) is 15.6. The van der Waals surface area contributed by atoms with Crippen LogP contribution in [0, 0.1) is 34.6 Å². The van der Waals surface area contributed by atoms with E-state index in [1.807, 2.05) is 0 Å². The Morgan fingerprint density at radius 2 is 1.56 bits per heavy atom. The van der Waals surface area contributed by atoms with Crippen molar-refractivity contribution in [2.45, 2.75) is 4.90 Å². The topological polar surface area (TPSA) is 64.4 Å². The molecule has 0 unspecified atom stereocenters. The number of piperazine rings is 1. The molecular weight excluding hydrogens is 386 g/mol. The number of rotatable bonds is 3. The number of sulfonamides is 1. The zero-order chi connectivity index (χ0) is 19.8. The minimum Gasteiger partial charge on any atom is -0.368 e. The molecule has 1 aliphatic heterocycles. The lowest BCUT2D eigenvalue weighted by Crippen LogP contribution is -2.49. The molecule has 0 saturated carbocycles. The van der Waals surface area contributed by atoms with Crippen LogP contribution in [0.5, 0.6) is 0 Å². The molecule has 1 heterocycles. The standard InChI is InChI=1S/C17H13F4N3O2S/c18-12-2-1-3-14(11(12)10-22)23-6-8-24(9-7-23)27(25,26)15-5-4-13(19)16(20)17(15)21/h1-5H,6-9H2. The van der Waals surface area contributed by atoms with E-state index in [0.717, 1.165) is 10.4 Å². The first-order valence-corrected chi connectivity index (χ1v) is 9.28. The molecule has 142 valence electrons. The highest BCUT2D eigenvalue weighted by Gasteiger charge is 2.33. The molecule has 2 aromatic rings. The third-order valence-electron chi connectivity index (χ3n) is 4.30. The van der Waals surface area contributed by atoms with E-state index in [1.54, 1.807) is 17.0 Å². The summed E-state index contributed by atoms with van der Waals surface area (Å²) >= 11 is 0. The first-order valence-electron chi connectivity index (χ1n) is 7.84. The van der Waals surface area contributed by atoms with E-state index >= 15 is 0 Å². The van der Waals surface area contributed by atoms with Gasteiger partial charge in [0.15, 0.2) is 17.5 Å². The number of hydrogen-bond donors (Lipinski definition) is 0. The number of halogens is 4. The molecule has 1 saturated heterocycles. The van der Waals surface area contributed by atoms with Crippen molar-refractivity contribution in [3.8, 4) is 6.07 Å². The van der Waals surface area contributed by atoms with Crippen LogP contribution in [0.25, 0.3) is 0 Å². The van der Waals surface area contributed by atoms with Crippen molar-refractivity contribution in [2.24, 2.45) is 0 Å². The zero-order valence-corrected chi connectivity index (χ0v) is 14.6. The van der Waals surface area contributed by atoms with Crippen molar-refractivity contribution in [3.05, 3.63) is 59.2 Å². The Bertz CT molecular complexity index is 1030. The summed E-state index contributed by atoms with van der Waals surface area (Å²) in [5, 5.41) is 9.11. The van der Waals surface area contributed by atoms with Gasteiger partial charge in [-0.15, -0.1) is 0 Å². The molecule has 0 bridgehead atoms. The van der Waals surface area contributed by atoms with E-state index < -0.39 is 38.2 Å². The van der Waals surface area contributed by atoms with Gasteiger partial charge in [-0.2, -0.15) is 9.57 Å². The van der Waals surface area contributed by atoms with Gasteiger partial charge in [0.1, 0.15) is 22.3 Å². The maximum absolute atomic E-state index is 13.9. The fourth-order valence-corrected chi connectivity index (χ4v) is 4.38. The molecule has 10 heteroatoms.